The van der Waals surface area contributed by atoms with E-state index in [1.807, 2.05) is 44.2 Å². The Bertz CT molecular complexity index is 936. The molecule has 28 heavy (non-hydrogen) atoms. The second kappa shape index (κ2) is 9.32. The lowest BCUT2D eigenvalue weighted by Crippen LogP contribution is -2.12. The van der Waals surface area contributed by atoms with Crippen molar-refractivity contribution in [2.75, 3.05) is 22.5 Å². The molecule has 3 aromatic rings. The summed E-state index contributed by atoms with van der Waals surface area (Å²) in [5.74, 6) is 1.36. The lowest BCUT2D eigenvalue weighted by Gasteiger charge is -2.10. The number of nitrogens with zero attached hydrogens (tertiary/aromatic N) is 2. The zero-order valence-corrected chi connectivity index (χ0v) is 17.2. The van der Waals surface area contributed by atoms with E-state index >= 15 is 0 Å². The molecule has 2 heterocycles. The number of hydrogen-bond acceptors (Lipinski definition) is 6. The number of hydrogen-bond donors (Lipinski definition) is 3. The van der Waals surface area contributed by atoms with Crippen LogP contribution >= 0.6 is 11.3 Å². The summed E-state index contributed by atoms with van der Waals surface area (Å²) in [5.41, 5.74) is 3.82. The summed E-state index contributed by atoms with van der Waals surface area (Å²) < 4.78 is 0. The minimum Gasteiger partial charge on any atom is -0.354 e. The van der Waals surface area contributed by atoms with E-state index < -0.39 is 0 Å². The number of carbonyl (C=O) groups excluding carboxylic acids is 1. The van der Waals surface area contributed by atoms with E-state index in [0.717, 1.165) is 35.9 Å². The van der Waals surface area contributed by atoms with Crippen LogP contribution in [0, 0.1) is 13.8 Å². The second-order valence-corrected chi connectivity index (χ2v) is 7.53. The summed E-state index contributed by atoms with van der Waals surface area (Å²) in [6, 6.07) is 11.6. The van der Waals surface area contributed by atoms with Crippen molar-refractivity contribution in [2.24, 2.45) is 0 Å². The van der Waals surface area contributed by atoms with E-state index in [9.17, 15) is 4.79 Å². The van der Waals surface area contributed by atoms with Crippen molar-refractivity contribution in [1.82, 2.24) is 9.97 Å². The van der Waals surface area contributed by atoms with Gasteiger partial charge in [-0.1, -0.05) is 0 Å². The van der Waals surface area contributed by atoms with E-state index in [2.05, 4.69) is 44.3 Å². The van der Waals surface area contributed by atoms with Crippen LogP contribution in [0.3, 0.4) is 0 Å². The van der Waals surface area contributed by atoms with Crippen molar-refractivity contribution < 1.29 is 4.79 Å². The topological polar surface area (TPSA) is 78.9 Å². The summed E-state index contributed by atoms with van der Waals surface area (Å²) in [5, 5.41) is 11.4. The Morgan fingerprint density at radius 1 is 1.07 bits per heavy atom. The third-order valence-electron chi connectivity index (χ3n) is 4.18. The molecule has 0 saturated carbocycles. The van der Waals surface area contributed by atoms with Crippen molar-refractivity contribution in [3.63, 3.8) is 0 Å². The number of nitrogens with one attached hydrogen (secondary N) is 3. The Morgan fingerprint density at radius 3 is 2.50 bits per heavy atom. The fraction of sp³-hybridized carbons (Fsp3) is 0.286. The predicted octanol–water partition coefficient (Wildman–Crippen LogP) is 4.90. The molecular formula is C21H25N5OS. The summed E-state index contributed by atoms with van der Waals surface area (Å²) in [4.78, 5) is 22.2. The number of thiophene rings is 1. The van der Waals surface area contributed by atoms with Gasteiger partial charge in [0.05, 0.1) is 0 Å². The quantitative estimate of drug-likeness (QED) is 0.505. The molecular weight excluding hydrogens is 370 g/mol. The first kappa shape index (κ1) is 19.8. The maximum atomic E-state index is 12.2. The third kappa shape index (κ3) is 5.53. The van der Waals surface area contributed by atoms with Crippen molar-refractivity contribution in [3.05, 3.63) is 57.9 Å². The molecule has 146 valence electrons. The Balaban J connectivity index is 1.56. The van der Waals surface area contributed by atoms with Gasteiger partial charge < -0.3 is 16.0 Å². The maximum Gasteiger partial charge on any atom is 0.224 e. The van der Waals surface area contributed by atoms with Crippen molar-refractivity contribution in [1.29, 1.82) is 0 Å². The summed E-state index contributed by atoms with van der Waals surface area (Å²) in [7, 11) is 0. The minimum absolute atomic E-state index is 0.0233. The van der Waals surface area contributed by atoms with Crippen molar-refractivity contribution >= 4 is 40.4 Å². The Labute approximate surface area is 169 Å². The molecule has 1 amide bonds. The van der Waals surface area contributed by atoms with Gasteiger partial charge >= 0.3 is 0 Å². The molecule has 3 N–H and O–H groups in total. The van der Waals surface area contributed by atoms with Gasteiger partial charge in [-0.25, -0.2) is 4.98 Å². The van der Waals surface area contributed by atoms with Gasteiger partial charge in [-0.15, -0.1) is 11.3 Å². The van der Waals surface area contributed by atoms with Gasteiger partial charge in [-0.3, -0.25) is 4.79 Å². The van der Waals surface area contributed by atoms with Crippen LogP contribution in [-0.2, 0) is 11.2 Å². The van der Waals surface area contributed by atoms with Crippen LogP contribution < -0.4 is 16.0 Å². The highest BCUT2D eigenvalue weighted by molar-refractivity contribution is 7.10. The Morgan fingerprint density at radius 2 is 1.82 bits per heavy atom. The SMILES string of the molecule is CCNc1nc(C)cc(Nc2ccc(NC(=O)CCc3sccc3C)cc2)n1. The predicted molar refractivity (Wildman–Crippen MR) is 117 cm³/mol. The van der Waals surface area contributed by atoms with Gasteiger partial charge in [0.25, 0.3) is 0 Å². The molecule has 0 atom stereocenters. The lowest BCUT2D eigenvalue weighted by atomic mass is 10.2. The summed E-state index contributed by atoms with van der Waals surface area (Å²) in [6.07, 6.45) is 1.25. The lowest BCUT2D eigenvalue weighted by molar-refractivity contribution is -0.116. The van der Waals surface area contributed by atoms with Gasteiger partial charge in [0, 0.05) is 41.0 Å². The van der Waals surface area contributed by atoms with E-state index in [4.69, 9.17) is 0 Å². The Kier molecular flexibility index (Phi) is 6.60. The molecule has 3 rings (SSSR count). The monoisotopic (exact) mass is 395 g/mol. The molecule has 0 fully saturated rings. The fourth-order valence-corrected chi connectivity index (χ4v) is 3.68. The molecule has 1 aromatic carbocycles. The number of rotatable bonds is 8. The number of aryl methyl sites for hydroxylation is 3. The molecule has 0 aliphatic heterocycles. The van der Waals surface area contributed by atoms with Crippen LogP contribution in [0.2, 0.25) is 0 Å². The van der Waals surface area contributed by atoms with Crippen LogP contribution in [0.1, 0.15) is 29.5 Å². The average molecular weight is 396 g/mol. The molecule has 6 nitrogen and oxygen atoms in total. The standard InChI is InChI=1S/C21H25N5OS/c1-4-22-21-23-15(3)13-19(26-21)24-16-5-7-17(8-6-16)25-20(27)10-9-18-14(2)11-12-28-18/h5-8,11-13H,4,9-10H2,1-3H3,(H,25,27)(H2,22,23,24,26). The number of aromatic nitrogens is 2. The Hall–Kier alpha value is -2.93. The maximum absolute atomic E-state index is 12.2. The van der Waals surface area contributed by atoms with Crippen molar-refractivity contribution in [3.8, 4) is 0 Å². The molecule has 0 radical (unpaired) electrons. The zero-order chi connectivity index (χ0) is 19.9. The first-order chi connectivity index (χ1) is 13.5. The highest BCUT2D eigenvalue weighted by Crippen LogP contribution is 2.20. The smallest absolute Gasteiger partial charge is 0.224 e. The number of benzene rings is 1. The van der Waals surface area contributed by atoms with Crippen LogP contribution in [0.5, 0.6) is 0 Å². The second-order valence-electron chi connectivity index (χ2n) is 6.53. The van der Waals surface area contributed by atoms with E-state index in [1.165, 1.54) is 10.4 Å². The molecule has 0 aliphatic carbocycles. The minimum atomic E-state index is 0.0233. The molecule has 0 bridgehead atoms. The van der Waals surface area contributed by atoms with Crippen LogP contribution in [0.4, 0.5) is 23.1 Å². The zero-order valence-electron chi connectivity index (χ0n) is 16.4. The normalized spacial score (nSPS) is 10.5. The number of carbonyl (C=O) groups is 1. The molecule has 2 aromatic heterocycles. The van der Waals surface area contributed by atoms with Gasteiger partial charge in [-0.2, -0.15) is 4.98 Å². The van der Waals surface area contributed by atoms with Gasteiger partial charge in [0.15, 0.2) is 0 Å². The number of anilines is 4. The van der Waals surface area contributed by atoms with Gasteiger partial charge in [0.1, 0.15) is 5.82 Å². The fourth-order valence-electron chi connectivity index (χ4n) is 2.77. The van der Waals surface area contributed by atoms with Crippen LogP contribution in [0.15, 0.2) is 41.8 Å². The van der Waals surface area contributed by atoms with E-state index in [1.54, 1.807) is 11.3 Å². The van der Waals surface area contributed by atoms with Gasteiger partial charge in [0.2, 0.25) is 11.9 Å². The summed E-state index contributed by atoms with van der Waals surface area (Å²) >= 11 is 1.70. The highest BCUT2D eigenvalue weighted by Gasteiger charge is 2.07. The van der Waals surface area contributed by atoms with Crippen LogP contribution in [-0.4, -0.2) is 22.4 Å². The van der Waals surface area contributed by atoms with Crippen molar-refractivity contribution in [2.45, 2.75) is 33.6 Å². The first-order valence-corrected chi connectivity index (χ1v) is 10.2. The molecule has 0 spiro atoms. The first-order valence-electron chi connectivity index (χ1n) is 9.33. The molecule has 0 aliphatic rings. The molecule has 0 saturated heterocycles. The number of amides is 1. The van der Waals surface area contributed by atoms with E-state index in [0.29, 0.717) is 12.4 Å². The van der Waals surface area contributed by atoms with Crippen LogP contribution in [0.25, 0.3) is 0 Å². The highest BCUT2D eigenvalue weighted by atomic mass is 32.1. The van der Waals surface area contributed by atoms with Gasteiger partial charge in [-0.05, 0) is 68.5 Å². The summed E-state index contributed by atoms with van der Waals surface area (Å²) in [6.45, 7) is 6.79. The van der Waals surface area contributed by atoms with E-state index in [-0.39, 0.29) is 5.91 Å². The third-order valence-corrected chi connectivity index (χ3v) is 5.26. The largest absolute Gasteiger partial charge is 0.354 e. The molecule has 7 heteroatoms. The molecule has 0 unspecified atom stereocenters. The average Bonchev–Trinajstić information content (AvgIpc) is 3.06.